The van der Waals surface area contributed by atoms with Gasteiger partial charge in [-0.25, -0.2) is 8.42 Å². The number of piperazine rings is 1. The Bertz CT molecular complexity index is 1490. The second-order valence-corrected chi connectivity index (χ2v) is 12.1. The molecule has 0 unspecified atom stereocenters. The molecule has 1 aliphatic rings. The number of hydrogen-bond donors (Lipinski definition) is 0. The lowest BCUT2D eigenvalue weighted by molar-refractivity contribution is 0.0632. The van der Waals surface area contributed by atoms with Crippen molar-refractivity contribution in [3.05, 3.63) is 88.4 Å². The maximum absolute atomic E-state index is 13.7. The van der Waals surface area contributed by atoms with E-state index < -0.39 is 10.0 Å². The summed E-state index contributed by atoms with van der Waals surface area (Å²) in [7, 11) is -3.61. The zero-order valence-corrected chi connectivity index (χ0v) is 21.8. The Kier molecular flexibility index (Phi) is 6.29. The number of aromatic nitrogens is 1. The molecule has 1 fully saturated rings. The highest BCUT2D eigenvalue weighted by Gasteiger charge is 2.36. The van der Waals surface area contributed by atoms with Crippen LogP contribution in [0.2, 0.25) is 0 Å². The van der Waals surface area contributed by atoms with Crippen LogP contribution in [0.25, 0.3) is 10.2 Å². The van der Waals surface area contributed by atoms with Crippen molar-refractivity contribution in [1.29, 1.82) is 0 Å². The molecule has 182 valence electrons. The molecule has 0 aliphatic carbocycles. The van der Waals surface area contributed by atoms with Gasteiger partial charge in [0.25, 0.3) is 5.91 Å². The van der Waals surface area contributed by atoms with Crippen LogP contribution >= 0.6 is 11.3 Å². The molecule has 2 aromatic carbocycles. The van der Waals surface area contributed by atoms with Gasteiger partial charge in [0.2, 0.25) is 10.0 Å². The number of thiophene rings is 1. The fourth-order valence-corrected chi connectivity index (χ4v) is 7.30. The molecule has 0 spiro atoms. The van der Waals surface area contributed by atoms with Crippen LogP contribution in [0.3, 0.4) is 0 Å². The Balaban J connectivity index is 1.39. The molecule has 1 saturated heterocycles. The van der Waals surface area contributed by atoms with Crippen LogP contribution in [0, 0.1) is 13.8 Å². The second kappa shape index (κ2) is 9.26. The molecule has 0 saturated carbocycles. The largest absolute Gasteiger partial charge is 0.334 e. The predicted molar refractivity (Wildman–Crippen MR) is 141 cm³/mol. The number of aryl methyl sites for hydroxylation is 2. The average Bonchev–Trinajstić information content (AvgIpc) is 3.41. The third-order valence-corrected chi connectivity index (χ3v) is 9.61. The van der Waals surface area contributed by atoms with Crippen LogP contribution in [0.1, 0.15) is 34.1 Å². The van der Waals surface area contributed by atoms with E-state index in [2.05, 4.69) is 29.7 Å². The first-order valence-corrected chi connectivity index (χ1v) is 14.1. The van der Waals surface area contributed by atoms with E-state index in [1.54, 1.807) is 28.4 Å². The zero-order chi connectivity index (χ0) is 24.7. The quantitative estimate of drug-likeness (QED) is 0.386. The van der Waals surface area contributed by atoms with Gasteiger partial charge in [-0.1, -0.05) is 47.5 Å². The van der Waals surface area contributed by atoms with Crippen LogP contribution in [0.15, 0.2) is 70.9 Å². The molecule has 2 aromatic heterocycles. The molecular weight excluding hydrogens is 478 g/mol. The van der Waals surface area contributed by atoms with Crippen molar-refractivity contribution in [2.75, 3.05) is 19.6 Å². The highest BCUT2D eigenvalue weighted by atomic mass is 32.2. The zero-order valence-electron chi connectivity index (χ0n) is 20.1. The SMILES string of the molecule is Cc1ccc(S(=O)(=O)N2CCN(C(=O)c3cc4ccsc4n3Cc3cccc(C)c3)C[C@H]2C)cc1. The molecule has 8 heteroatoms. The lowest BCUT2D eigenvalue weighted by Gasteiger charge is -2.39. The normalized spacial score (nSPS) is 17.2. The number of amides is 1. The summed E-state index contributed by atoms with van der Waals surface area (Å²) in [6.07, 6.45) is 0. The first-order chi connectivity index (χ1) is 16.7. The maximum atomic E-state index is 13.7. The number of fused-ring (bicyclic) bond motifs is 1. The summed E-state index contributed by atoms with van der Waals surface area (Å²) in [5.41, 5.74) is 3.99. The van der Waals surface area contributed by atoms with Crippen LogP contribution in [-0.2, 0) is 16.6 Å². The number of nitrogens with zero attached hydrogens (tertiary/aromatic N) is 3. The fraction of sp³-hybridized carbons (Fsp3) is 0.296. The van der Waals surface area contributed by atoms with Crippen molar-refractivity contribution < 1.29 is 13.2 Å². The van der Waals surface area contributed by atoms with Gasteiger partial charge in [-0.15, -0.1) is 11.3 Å². The van der Waals surface area contributed by atoms with Crippen molar-refractivity contribution in [1.82, 2.24) is 13.8 Å². The first kappa shape index (κ1) is 23.8. The summed E-state index contributed by atoms with van der Waals surface area (Å²) in [4.78, 5) is 16.9. The molecule has 3 heterocycles. The molecule has 1 amide bonds. The van der Waals surface area contributed by atoms with E-state index in [0.717, 1.165) is 21.3 Å². The topological polar surface area (TPSA) is 62.6 Å². The van der Waals surface area contributed by atoms with Gasteiger partial charge in [0.1, 0.15) is 10.5 Å². The van der Waals surface area contributed by atoms with E-state index in [4.69, 9.17) is 0 Å². The van der Waals surface area contributed by atoms with E-state index in [-0.39, 0.29) is 18.5 Å². The summed E-state index contributed by atoms with van der Waals surface area (Å²) >= 11 is 1.63. The molecule has 1 aliphatic heterocycles. The molecular formula is C27H29N3O3S2. The fourth-order valence-electron chi connectivity index (χ4n) is 4.79. The Morgan fingerprint density at radius 2 is 1.77 bits per heavy atom. The third-order valence-electron chi connectivity index (χ3n) is 6.63. The summed E-state index contributed by atoms with van der Waals surface area (Å²) in [5.74, 6) is -0.0553. The Labute approximate surface area is 210 Å². The van der Waals surface area contributed by atoms with Crippen LogP contribution in [0.4, 0.5) is 0 Å². The van der Waals surface area contributed by atoms with Crippen LogP contribution in [0.5, 0.6) is 0 Å². The summed E-state index contributed by atoms with van der Waals surface area (Å²) in [5, 5.41) is 3.10. The van der Waals surface area contributed by atoms with Crippen molar-refractivity contribution in [2.45, 2.75) is 38.3 Å². The molecule has 0 bridgehead atoms. The maximum Gasteiger partial charge on any atom is 0.270 e. The molecule has 0 N–H and O–H groups in total. The van der Waals surface area contributed by atoms with Gasteiger partial charge in [0.05, 0.1) is 4.90 Å². The molecule has 6 nitrogen and oxygen atoms in total. The number of carbonyl (C=O) groups excluding carboxylic acids is 1. The van der Waals surface area contributed by atoms with Crippen LogP contribution < -0.4 is 0 Å². The highest BCUT2D eigenvalue weighted by molar-refractivity contribution is 7.89. The minimum atomic E-state index is -3.61. The minimum Gasteiger partial charge on any atom is -0.334 e. The molecule has 0 radical (unpaired) electrons. The van der Waals surface area contributed by atoms with E-state index in [1.807, 2.05) is 49.6 Å². The monoisotopic (exact) mass is 507 g/mol. The average molecular weight is 508 g/mol. The molecule has 1 atom stereocenters. The van der Waals surface area contributed by atoms with Gasteiger partial charge < -0.3 is 9.47 Å². The Hall–Kier alpha value is -2.94. The standard InChI is InChI=1S/C27H29N3O3S2/c1-19-7-9-24(10-8-19)35(32,33)30-13-12-28(17-21(30)3)26(31)25-16-23-11-14-34-27(23)29(25)18-22-6-4-5-20(2)15-22/h4-11,14-16,21H,12-13,17-18H2,1-3H3/t21-/m1/s1. The van der Waals surface area contributed by atoms with E-state index in [9.17, 15) is 13.2 Å². The lowest BCUT2D eigenvalue weighted by Crippen LogP contribution is -2.55. The summed E-state index contributed by atoms with van der Waals surface area (Å²) in [6.45, 7) is 7.47. The van der Waals surface area contributed by atoms with Gasteiger partial charge in [0.15, 0.2) is 0 Å². The van der Waals surface area contributed by atoms with Gasteiger partial charge in [-0.05, 0) is 56.0 Å². The highest BCUT2D eigenvalue weighted by Crippen LogP contribution is 2.29. The minimum absolute atomic E-state index is 0.0553. The number of benzene rings is 2. The van der Waals surface area contributed by atoms with Gasteiger partial charge >= 0.3 is 0 Å². The number of carbonyl (C=O) groups is 1. The smallest absolute Gasteiger partial charge is 0.270 e. The van der Waals surface area contributed by atoms with Crippen molar-refractivity contribution in [3.63, 3.8) is 0 Å². The van der Waals surface area contributed by atoms with Crippen molar-refractivity contribution in [2.24, 2.45) is 0 Å². The van der Waals surface area contributed by atoms with Gasteiger partial charge in [-0.2, -0.15) is 4.31 Å². The Morgan fingerprint density at radius 3 is 2.49 bits per heavy atom. The Morgan fingerprint density at radius 1 is 1.00 bits per heavy atom. The second-order valence-electron chi connectivity index (χ2n) is 9.31. The predicted octanol–water partition coefficient (Wildman–Crippen LogP) is 4.90. The number of sulfonamides is 1. The summed E-state index contributed by atoms with van der Waals surface area (Å²) in [6, 6.07) is 18.9. The van der Waals surface area contributed by atoms with Crippen molar-refractivity contribution in [3.8, 4) is 0 Å². The number of rotatable bonds is 5. The van der Waals surface area contributed by atoms with Crippen LogP contribution in [-0.4, -0.2) is 53.8 Å². The van der Waals surface area contributed by atoms with E-state index in [1.165, 1.54) is 9.87 Å². The first-order valence-electron chi connectivity index (χ1n) is 11.7. The molecule has 4 aromatic rings. The van der Waals surface area contributed by atoms with Gasteiger partial charge in [0, 0.05) is 37.6 Å². The third kappa shape index (κ3) is 4.53. The molecule has 35 heavy (non-hydrogen) atoms. The van der Waals surface area contributed by atoms with E-state index in [0.29, 0.717) is 30.2 Å². The lowest BCUT2D eigenvalue weighted by atomic mass is 10.1. The molecule has 5 rings (SSSR count). The van der Waals surface area contributed by atoms with E-state index >= 15 is 0 Å². The van der Waals surface area contributed by atoms with Gasteiger partial charge in [-0.3, -0.25) is 4.79 Å². The van der Waals surface area contributed by atoms with Crippen molar-refractivity contribution >= 4 is 37.5 Å². The number of hydrogen-bond acceptors (Lipinski definition) is 4. The summed E-state index contributed by atoms with van der Waals surface area (Å²) < 4.78 is 30.1.